The van der Waals surface area contributed by atoms with E-state index in [1.807, 2.05) is 30.3 Å². The predicted octanol–water partition coefficient (Wildman–Crippen LogP) is 4.43. The maximum atomic E-state index is 13.7. The third-order valence-electron chi connectivity index (χ3n) is 9.67. The number of rotatable bonds is 7. The number of carbonyl (C=O) groups excluding carboxylic acids is 4. The second kappa shape index (κ2) is 11.7. The van der Waals surface area contributed by atoms with Crippen molar-refractivity contribution >= 4 is 30.0 Å². The molecule has 1 N–H and O–H groups in total. The Bertz CT molecular complexity index is 1480. The van der Waals surface area contributed by atoms with Gasteiger partial charge in [0.25, 0.3) is 0 Å². The Morgan fingerprint density at radius 1 is 0.822 bits per heavy atom. The summed E-state index contributed by atoms with van der Waals surface area (Å²) in [5, 5.41) is 12.2. The maximum absolute atomic E-state index is 13.7. The van der Waals surface area contributed by atoms with Crippen LogP contribution >= 0.6 is 0 Å². The molecule has 1 saturated heterocycles. The maximum Gasteiger partial charge on any atom is 0.338 e. The number of carbonyl (C=O) groups is 4. The molecule has 2 saturated carbocycles. The standard InChI is InChI=1S/C35H40O10/c1-21(36)41-25-19-20-33(5,40)35-29(42-22(2)37)27(32(3,4)45-35)28(43-26(38)18-17-23-13-9-7-10-14-23)30(34(25,35)6)44-31(39)24-15-11-8-12-16-24/h7-18,25,27-30,40H,19-20H2,1-6H3/t25-,27+,28-,29+,30-,33-,34-,35-/m0/s1. The summed E-state index contributed by atoms with van der Waals surface area (Å²) in [4.78, 5) is 52.4. The van der Waals surface area contributed by atoms with Crippen molar-refractivity contribution in [3.63, 3.8) is 0 Å². The Labute approximate surface area is 262 Å². The first-order valence-corrected chi connectivity index (χ1v) is 15.1. The molecule has 1 heterocycles. The zero-order valence-corrected chi connectivity index (χ0v) is 26.4. The van der Waals surface area contributed by atoms with Crippen LogP contribution in [0.5, 0.6) is 0 Å². The van der Waals surface area contributed by atoms with Gasteiger partial charge in [-0.2, -0.15) is 0 Å². The molecule has 3 fully saturated rings. The van der Waals surface area contributed by atoms with Crippen LogP contribution in [0.2, 0.25) is 0 Å². The van der Waals surface area contributed by atoms with Gasteiger partial charge in [-0.3, -0.25) is 9.59 Å². The third-order valence-corrected chi connectivity index (χ3v) is 9.67. The molecule has 2 bridgehead atoms. The summed E-state index contributed by atoms with van der Waals surface area (Å²) in [6.45, 7) is 9.25. The van der Waals surface area contributed by atoms with Crippen molar-refractivity contribution in [2.75, 3.05) is 0 Å². The number of aliphatic hydroxyl groups is 1. The minimum atomic E-state index is -1.75. The minimum Gasteiger partial charge on any atom is -0.462 e. The lowest BCUT2D eigenvalue weighted by molar-refractivity contribution is -0.336. The average molecular weight is 621 g/mol. The van der Waals surface area contributed by atoms with Gasteiger partial charge in [0.15, 0.2) is 6.10 Å². The topological polar surface area (TPSA) is 135 Å². The summed E-state index contributed by atoms with van der Waals surface area (Å²) in [6.07, 6.45) is -1.59. The summed E-state index contributed by atoms with van der Waals surface area (Å²) in [5.74, 6) is -3.61. The third kappa shape index (κ3) is 5.44. The van der Waals surface area contributed by atoms with Crippen LogP contribution in [0.25, 0.3) is 6.08 Å². The van der Waals surface area contributed by atoms with Crippen molar-refractivity contribution in [3.8, 4) is 0 Å². The van der Waals surface area contributed by atoms with Crippen molar-refractivity contribution < 1.29 is 48.0 Å². The van der Waals surface area contributed by atoms with Crippen LogP contribution < -0.4 is 0 Å². The second-order valence-electron chi connectivity index (χ2n) is 13.0. The number of esters is 4. The Morgan fingerprint density at radius 2 is 1.42 bits per heavy atom. The van der Waals surface area contributed by atoms with Gasteiger partial charge in [0, 0.05) is 19.9 Å². The van der Waals surface area contributed by atoms with Gasteiger partial charge in [-0.1, -0.05) is 48.5 Å². The van der Waals surface area contributed by atoms with Gasteiger partial charge >= 0.3 is 23.9 Å². The average Bonchev–Trinajstić information content (AvgIpc) is 3.18. The van der Waals surface area contributed by atoms with Gasteiger partial charge in [0.1, 0.15) is 23.9 Å². The first-order chi connectivity index (χ1) is 21.1. The SMILES string of the molecule is CC(=O)O[C@H]1CC[C@](C)(O)[C@]23OC(C)(C)[C@H]([C@H](OC(=O)C=Cc4ccccc4)[C@H](OC(=O)c4ccccc4)[C@]12C)[C@H]3OC(C)=O. The predicted molar refractivity (Wildman–Crippen MR) is 161 cm³/mol. The molecule has 2 aliphatic carbocycles. The highest BCUT2D eigenvalue weighted by atomic mass is 16.6. The van der Waals surface area contributed by atoms with Crippen molar-refractivity contribution in [1.82, 2.24) is 0 Å². The number of hydrogen-bond donors (Lipinski definition) is 1. The summed E-state index contributed by atoms with van der Waals surface area (Å²) in [7, 11) is 0. The van der Waals surface area contributed by atoms with Crippen LogP contribution in [-0.2, 0) is 38.1 Å². The molecule has 240 valence electrons. The van der Waals surface area contributed by atoms with Crippen molar-refractivity contribution in [3.05, 3.63) is 77.9 Å². The van der Waals surface area contributed by atoms with E-state index in [1.165, 1.54) is 19.9 Å². The molecule has 3 aliphatic rings. The number of ether oxygens (including phenoxy) is 5. The monoisotopic (exact) mass is 620 g/mol. The van der Waals surface area contributed by atoms with Crippen LogP contribution in [0.1, 0.15) is 70.3 Å². The van der Waals surface area contributed by atoms with Crippen LogP contribution in [0.15, 0.2) is 66.7 Å². The molecule has 2 aromatic rings. The Hall–Kier alpha value is -4.02. The van der Waals surface area contributed by atoms with E-state index in [4.69, 9.17) is 23.7 Å². The molecule has 1 aliphatic heterocycles. The number of hydrogen-bond acceptors (Lipinski definition) is 10. The van der Waals surface area contributed by atoms with Crippen LogP contribution in [0.3, 0.4) is 0 Å². The largest absolute Gasteiger partial charge is 0.462 e. The van der Waals surface area contributed by atoms with E-state index in [1.54, 1.807) is 64.1 Å². The molecule has 0 aromatic heterocycles. The number of fused-ring (bicyclic) bond motifs is 1. The van der Waals surface area contributed by atoms with E-state index in [2.05, 4.69) is 0 Å². The smallest absolute Gasteiger partial charge is 0.338 e. The van der Waals surface area contributed by atoms with Gasteiger partial charge in [-0.05, 0) is 64.3 Å². The molecule has 8 atom stereocenters. The highest BCUT2D eigenvalue weighted by Gasteiger charge is 2.85. The molecule has 0 amide bonds. The molecule has 10 nitrogen and oxygen atoms in total. The van der Waals surface area contributed by atoms with Crippen LogP contribution in [0, 0.1) is 11.3 Å². The molecule has 2 aromatic carbocycles. The summed E-state index contributed by atoms with van der Waals surface area (Å²) >= 11 is 0. The van der Waals surface area contributed by atoms with Crippen molar-refractivity contribution in [2.45, 2.75) is 95.6 Å². The number of benzene rings is 2. The van der Waals surface area contributed by atoms with Gasteiger partial charge in [0.2, 0.25) is 0 Å². The summed E-state index contributed by atoms with van der Waals surface area (Å²) in [6, 6.07) is 17.5. The van der Waals surface area contributed by atoms with Gasteiger partial charge < -0.3 is 28.8 Å². The van der Waals surface area contributed by atoms with Crippen molar-refractivity contribution in [1.29, 1.82) is 0 Å². The van der Waals surface area contributed by atoms with Gasteiger partial charge in [0.05, 0.1) is 28.1 Å². The highest BCUT2D eigenvalue weighted by Crippen LogP contribution is 2.69. The Morgan fingerprint density at radius 3 is 2.02 bits per heavy atom. The summed E-state index contributed by atoms with van der Waals surface area (Å²) in [5.41, 5.74) is -5.18. The van der Waals surface area contributed by atoms with E-state index in [0.29, 0.717) is 0 Å². The fourth-order valence-corrected chi connectivity index (χ4v) is 7.90. The van der Waals surface area contributed by atoms with Gasteiger partial charge in [-0.15, -0.1) is 0 Å². The fraction of sp³-hybridized carbons (Fsp3) is 0.486. The second-order valence-corrected chi connectivity index (χ2v) is 13.0. The lowest BCUT2D eigenvalue weighted by atomic mass is 9.47. The highest BCUT2D eigenvalue weighted by molar-refractivity contribution is 5.90. The van der Waals surface area contributed by atoms with Crippen LogP contribution in [0.4, 0.5) is 0 Å². The quantitative estimate of drug-likeness (QED) is 0.269. The molecule has 10 heteroatoms. The lowest BCUT2D eigenvalue weighted by Crippen LogP contribution is -2.81. The van der Waals surface area contributed by atoms with E-state index in [9.17, 15) is 24.3 Å². The minimum absolute atomic E-state index is 0.116. The fourth-order valence-electron chi connectivity index (χ4n) is 7.90. The van der Waals surface area contributed by atoms with E-state index < -0.39 is 76.4 Å². The Balaban J connectivity index is 1.71. The first kappa shape index (κ1) is 32.4. The molecule has 45 heavy (non-hydrogen) atoms. The van der Waals surface area contributed by atoms with Gasteiger partial charge in [-0.25, -0.2) is 9.59 Å². The van der Waals surface area contributed by atoms with E-state index in [-0.39, 0.29) is 18.4 Å². The molecule has 0 radical (unpaired) electrons. The molecular formula is C35H40O10. The molecule has 0 unspecified atom stereocenters. The zero-order valence-electron chi connectivity index (χ0n) is 26.4. The van der Waals surface area contributed by atoms with Crippen molar-refractivity contribution in [2.24, 2.45) is 11.3 Å². The van der Waals surface area contributed by atoms with E-state index >= 15 is 0 Å². The molecular weight excluding hydrogens is 580 g/mol. The molecule has 5 rings (SSSR count). The first-order valence-electron chi connectivity index (χ1n) is 15.1. The Kier molecular flexibility index (Phi) is 8.44. The van der Waals surface area contributed by atoms with E-state index in [0.717, 1.165) is 5.56 Å². The normalized spacial score (nSPS) is 34.8. The zero-order chi connectivity index (χ0) is 32.8. The lowest BCUT2D eigenvalue weighted by Gasteiger charge is -2.65. The summed E-state index contributed by atoms with van der Waals surface area (Å²) < 4.78 is 31.2. The van der Waals surface area contributed by atoms with Crippen LogP contribution in [-0.4, -0.2) is 70.2 Å². The molecule has 1 spiro atoms.